The van der Waals surface area contributed by atoms with E-state index in [1.807, 2.05) is 30.3 Å². The van der Waals surface area contributed by atoms with E-state index in [2.05, 4.69) is 4.74 Å². The van der Waals surface area contributed by atoms with Crippen molar-refractivity contribution in [3.8, 4) is 0 Å². The van der Waals surface area contributed by atoms with Gasteiger partial charge >= 0.3 is 12.1 Å². The van der Waals surface area contributed by atoms with Crippen molar-refractivity contribution in [2.45, 2.75) is 30.8 Å². The lowest BCUT2D eigenvalue weighted by molar-refractivity contribution is -0.155. The molecule has 0 bridgehead atoms. The van der Waals surface area contributed by atoms with Crippen molar-refractivity contribution in [3.63, 3.8) is 0 Å². The van der Waals surface area contributed by atoms with E-state index in [1.54, 1.807) is 0 Å². The molecule has 0 saturated carbocycles. The quantitative estimate of drug-likeness (QED) is 0.777. The minimum absolute atomic E-state index is 0.0404. The Kier molecular flexibility index (Phi) is 5.00. The van der Waals surface area contributed by atoms with E-state index in [9.17, 15) is 19.5 Å². The zero-order chi connectivity index (χ0) is 17.0. The van der Waals surface area contributed by atoms with Crippen LogP contribution in [0.1, 0.15) is 18.4 Å². The second kappa shape index (κ2) is 6.78. The zero-order valence-electron chi connectivity index (χ0n) is 12.9. The van der Waals surface area contributed by atoms with Crippen LogP contribution in [0.15, 0.2) is 30.3 Å². The fourth-order valence-electron chi connectivity index (χ4n) is 3.03. The number of carbonyl (C=O) groups excluding carboxylic acids is 2. The first-order valence-corrected chi connectivity index (χ1v) is 7.36. The van der Waals surface area contributed by atoms with Gasteiger partial charge in [0.2, 0.25) is 5.54 Å². The number of ketones is 1. The molecule has 1 aliphatic heterocycles. The summed E-state index contributed by atoms with van der Waals surface area (Å²) in [5.41, 5.74) is 4.85. The smallest absolute Gasteiger partial charge is 0.410 e. The minimum atomic E-state index is -1.94. The molecule has 0 aromatic heterocycles. The van der Waals surface area contributed by atoms with Crippen molar-refractivity contribution in [2.24, 2.45) is 5.73 Å². The molecule has 2 atom stereocenters. The highest BCUT2D eigenvalue weighted by molar-refractivity contribution is 6.12. The summed E-state index contributed by atoms with van der Waals surface area (Å²) in [5, 5.41) is 9.64. The summed E-state index contributed by atoms with van der Waals surface area (Å²) in [5.74, 6) is -2.04. The number of benzene rings is 1. The third-order valence-electron chi connectivity index (χ3n) is 4.17. The molecule has 1 heterocycles. The lowest BCUT2D eigenvalue weighted by atomic mass is 9.85. The Morgan fingerprint density at radius 1 is 1.35 bits per heavy atom. The number of hydrogen-bond acceptors (Lipinski definition) is 5. The standard InChI is InChI=1S/C16H20N2O5/c1-23-15(22)18-9-5-8-16(18,14(20)21)13(19)12(17)10-11-6-3-2-4-7-11/h2-4,6-7,12H,5,8-10,17H2,1H3,(H,20,21)/t12-,16-/m1/s1. The van der Waals surface area contributed by atoms with Crippen LogP contribution in [-0.4, -0.2) is 53.1 Å². The molecule has 0 unspecified atom stereocenters. The molecule has 1 fully saturated rings. The van der Waals surface area contributed by atoms with Gasteiger partial charge in [0.15, 0.2) is 5.78 Å². The first kappa shape index (κ1) is 17.0. The van der Waals surface area contributed by atoms with Crippen LogP contribution in [0.2, 0.25) is 0 Å². The van der Waals surface area contributed by atoms with E-state index >= 15 is 0 Å². The summed E-state index contributed by atoms with van der Waals surface area (Å²) in [7, 11) is 1.15. The fraction of sp³-hybridized carbons (Fsp3) is 0.438. The summed E-state index contributed by atoms with van der Waals surface area (Å²) in [6.07, 6.45) is -0.168. The molecule has 0 aliphatic carbocycles. The largest absolute Gasteiger partial charge is 0.479 e. The van der Waals surface area contributed by atoms with E-state index in [0.29, 0.717) is 6.42 Å². The van der Waals surface area contributed by atoms with Gasteiger partial charge in [-0.1, -0.05) is 30.3 Å². The van der Waals surface area contributed by atoms with Gasteiger partial charge in [-0.15, -0.1) is 0 Å². The van der Waals surface area contributed by atoms with E-state index < -0.39 is 29.4 Å². The average molecular weight is 320 g/mol. The second-order valence-electron chi connectivity index (χ2n) is 5.55. The molecule has 1 aromatic carbocycles. The maximum atomic E-state index is 12.8. The van der Waals surface area contributed by atoms with Crippen LogP contribution in [0.4, 0.5) is 4.79 Å². The van der Waals surface area contributed by atoms with Gasteiger partial charge in [-0.25, -0.2) is 9.59 Å². The number of carboxylic acid groups (broad SMARTS) is 1. The number of amides is 1. The molecule has 23 heavy (non-hydrogen) atoms. The Balaban J connectivity index is 2.28. The van der Waals surface area contributed by atoms with Crippen molar-refractivity contribution in [1.82, 2.24) is 4.90 Å². The fourth-order valence-corrected chi connectivity index (χ4v) is 3.03. The predicted octanol–water partition coefficient (Wildman–Crippen LogP) is 0.811. The number of rotatable bonds is 5. The molecule has 124 valence electrons. The molecule has 1 aliphatic rings. The van der Waals surface area contributed by atoms with E-state index in [1.165, 1.54) is 0 Å². The third-order valence-corrected chi connectivity index (χ3v) is 4.17. The predicted molar refractivity (Wildman–Crippen MR) is 81.8 cm³/mol. The normalized spacial score (nSPS) is 21.7. The molecule has 1 saturated heterocycles. The van der Waals surface area contributed by atoms with E-state index in [0.717, 1.165) is 17.6 Å². The van der Waals surface area contributed by atoms with Crippen molar-refractivity contribution in [3.05, 3.63) is 35.9 Å². The highest BCUT2D eigenvalue weighted by Gasteiger charge is 2.57. The van der Waals surface area contributed by atoms with Crippen molar-refractivity contribution in [1.29, 1.82) is 0 Å². The first-order chi connectivity index (χ1) is 10.9. The number of nitrogens with two attached hydrogens (primary N) is 1. The Labute approximate surface area is 134 Å². The Morgan fingerprint density at radius 3 is 2.57 bits per heavy atom. The summed E-state index contributed by atoms with van der Waals surface area (Å²) in [4.78, 5) is 37.5. The Morgan fingerprint density at radius 2 is 2.00 bits per heavy atom. The van der Waals surface area contributed by atoms with Gasteiger partial charge in [-0.05, 0) is 24.8 Å². The average Bonchev–Trinajstić information content (AvgIpc) is 3.00. The van der Waals surface area contributed by atoms with Gasteiger partial charge < -0.3 is 15.6 Å². The van der Waals surface area contributed by atoms with Gasteiger partial charge in [0.05, 0.1) is 13.2 Å². The van der Waals surface area contributed by atoms with Crippen LogP contribution in [0, 0.1) is 0 Å². The van der Waals surface area contributed by atoms with Crippen LogP contribution in [0.3, 0.4) is 0 Å². The van der Waals surface area contributed by atoms with Crippen LogP contribution >= 0.6 is 0 Å². The maximum Gasteiger partial charge on any atom is 0.410 e. The molecule has 1 aromatic rings. The number of hydrogen-bond donors (Lipinski definition) is 2. The summed E-state index contributed by atoms with van der Waals surface area (Å²) >= 11 is 0. The number of methoxy groups -OCH3 is 1. The van der Waals surface area contributed by atoms with Gasteiger partial charge in [-0.3, -0.25) is 9.69 Å². The molecular formula is C16H20N2O5. The Hall–Kier alpha value is -2.41. The molecule has 7 nitrogen and oxygen atoms in total. The highest BCUT2D eigenvalue weighted by Crippen LogP contribution is 2.32. The summed E-state index contributed by atoms with van der Waals surface area (Å²) in [6.45, 7) is 0.156. The molecule has 0 radical (unpaired) electrons. The number of nitrogens with zero attached hydrogens (tertiary/aromatic N) is 1. The zero-order valence-corrected chi connectivity index (χ0v) is 12.9. The molecule has 7 heteroatoms. The van der Waals surface area contributed by atoms with Gasteiger partial charge in [-0.2, -0.15) is 0 Å². The number of aliphatic carboxylic acids is 1. The number of carboxylic acids is 1. The number of likely N-dealkylation sites (tertiary alicyclic amines) is 1. The molecule has 2 rings (SSSR count). The minimum Gasteiger partial charge on any atom is -0.479 e. The van der Waals surface area contributed by atoms with Gasteiger partial charge in [0, 0.05) is 6.54 Å². The number of Topliss-reactive ketones (excluding diaryl/α,β-unsaturated/α-hetero) is 1. The van der Waals surface area contributed by atoms with Crippen molar-refractivity contribution >= 4 is 17.8 Å². The number of ether oxygens (including phenoxy) is 1. The third kappa shape index (κ3) is 3.05. The van der Waals surface area contributed by atoms with Gasteiger partial charge in [0.25, 0.3) is 0 Å². The van der Waals surface area contributed by atoms with E-state index in [-0.39, 0.29) is 19.4 Å². The number of carbonyl (C=O) groups is 3. The SMILES string of the molecule is COC(=O)N1CCC[C@]1(C(=O)O)C(=O)[C@H](N)Cc1ccccc1. The molecule has 0 spiro atoms. The summed E-state index contributed by atoms with van der Waals surface area (Å²) in [6, 6.07) is 8.08. The van der Waals surface area contributed by atoms with Crippen LogP contribution in [0.25, 0.3) is 0 Å². The van der Waals surface area contributed by atoms with E-state index in [4.69, 9.17) is 5.73 Å². The highest BCUT2D eigenvalue weighted by atomic mass is 16.5. The molecule has 3 N–H and O–H groups in total. The summed E-state index contributed by atoms with van der Waals surface area (Å²) < 4.78 is 4.62. The molecular weight excluding hydrogens is 300 g/mol. The first-order valence-electron chi connectivity index (χ1n) is 7.36. The monoisotopic (exact) mass is 320 g/mol. The van der Waals surface area contributed by atoms with Crippen LogP contribution in [-0.2, 0) is 20.7 Å². The van der Waals surface area contributed by atoms with Crippen LogP contribution in [0.5, 0.6) is 0 Å². The van der Waals surface area contributed by atoms with Crippen LogP contribution < -0.4 is 5.73 Å². The lowest BCUT2D eigenvalue weighted by Crippen LogP contribution is -2.63. The lowest BCUT2D eigenvalue weighted by Gasteiger charge is -2.34. The second-order valence-corrected chi connectivity index (χ2v) is 5.55. The maximum absolute atomic E-state index is 12.8. The van der Waals surface area contributed by atoms with Gasteiger partial charge in [0.1, 0.15) is 0 Å². The van der Waals surface area contributed by atoms with Crippen molar-refractivity contribution < 1.29 is 24.2 Å². The molecule has 1 amide bonds. The van der Waals surface area contributed by atoms with Crippen molar-refractivity contribution in [2.75, 3.05) is 13.7 Å². The Bertz CT molecular complexity index is 604. The topological polar surface area (TPSA) is 110 Å².